The molecule has 7 nitrogen and oxygen atoms in total. The minimum Gasteiger partial charge on any atom is -0.488 e. The Morgan fingerprint density at radius 3 is 1.88 bits per heavy atom. The van der Waals surface area contributed by atoms with Crippen LogP contribution in [0.5, 0.6) is 11.5 Å². The van der Waals surface area contributed by atoms with Crippen LogP contribution in [0.15, 0.2) is 118 Å². The third-order valence-electron chi connectivity index (χ3n) is 8.63. The van der Waals surface area contributed by atoms with Gasteiger partial charge in [-0.3, -0.25) is 9.59 Å². The summed E-state index contributed by atoms with van der Waals surface area (Å²) in [7, 11) is 1.59. The Balaban J connectivity index is 0.000000230. The third kappa shape index (κ3) is 11.3. The molecule has 1 amide bonds. The number of nitrogens with zero attached hydrogens (tertiary/aromatic N) is 1. The van der Waals surface area contributed by atoms with Gasteiger partial charge in [-0.1, -0.05) is 37.9 Å². The largest absolute Gasteiger partial charge is 0.488 e. The average Bonchev–Trinajstić information content (AvgIpc) is 3.57. The lowest BCUT2D eigenvalue weighted by Crippen LogP contribution is -2.18. The number of carbonyl (C=O) groups excluding carboxylic acids is 3. The number of hydrogen-bond acceptors (Lipinski definition) is 5. The summed E-state index contributed by atoms with van der Waals surface area (Å²) < 4.78 is 69.0. The van der Waals surface area contributed by atoms with Gasteiger partial charge in [-0.25, -0.2) is 17.6 Å². The number of amides is 1. The van der Waals surface area contributed by atoms with Crippen LogP contribution in [0.1, 0.15) is 57.3 Å². The molecule has 6 rings (SSSR count). The molecule has 0 aliphatic heterocycles. The molecular weight excluding hydrogens is 872 g/mol. The Morgan fingerprint density at radius 1 is 0.684 bits per heavy atom. The van der Waals surface area contributed by atoms with Gasteiger partial charge in [0.2, 0.25) is 0 Å². The normalized spacial score (nSPS) is 10.7. The van der Waals surface area contributed by atoms with E-state index < -0.39 is 23.3 Å². The van der Waals surface area contributed by atoms with Gasteiger partial charge in [0, 0.05) is 74.6 Å². The number of aryl methyl sites for hydroxylation is 1. The van der Waals surface area contributed by atoms with Crippen molar-refractivity contribution in [1.29, 1.82) is 0 Å². The van der Waals surface area contributed by atoms with Crippen molar-refractivity contribution < 1.29 is 41.4 Å². The van der Waals surface area contributed by atoms with Gasteiger partial charge in [-0.05, 0) is 105 Å². The van der Waals surface area contributed by atoms with Crippen LogP contribution in [-0.4, -0.2) is 29.1 Å². The number of halogens is 6. The van der Waals surface area contributed by atoms with Gasteiger partial charge in [0.25, 0.3) is 5.91 Å². The molecule has 1 aromatic heterocycles. The third-order valence-corrected chi connectivity index (χ3v) is 9.62. The summed E-state index contributed by atoms with van der Waals surface area (Å²) in [4.78, 5) is 35.5. The van der Waals surface area contributed by atoms with Gasteiger partial charge in [-0.2, -0.15) is 0 Å². The molecule has 0 aliphatic carbocycles. The molecule has 6 aromatic rings. The Hall–Kier alpha value is -5.53. The quantitative estimate of drug-likeness (QED) is 0.0921. The van der Waals surface area contributed by atoms with Gasteiger partial charge in [-0.15, -0.1) is 0 Å². The van der Waals surface area contributed by atoms with E-state index in [-0.39, 0.29) is 60.4 Å². The van der Waals surface area contributed by atoms with E-state index in [0.29, 0.717) is 21.3 Å². The van der Waals surface area contributed by atoms with Crippen LogP contribution < -0.4 is 14.8 Å². The van der Waals surface area contributed by atoms with Crippen LogP contribution in [0.2, 0.25) is 0 Å². The second-order valence-electron chi connectivity index (χ2n) is 12.8. The van der Waals surface area contributed by atoms with Crippen molar-refractivity contribution in [3.63, 3.8) is 0 Å². The summed E-state index contributed by atoms with van der Waals surface area (Å²) in [5.41, 5.74) is 4.72. The highest BCUT2D eigenvalue weighted by Gasteiger charge is 2.18. The van der Waals surface area contributed by atoms with Crippen LogP contribution in [0.4, 0.5) is 17.6 Å². The number of benzene rings is 5. The fraction of sp³-hybridized carbons (Fsp3) is 0.159. The lowest BCUT2D eigenvalue weighted by molar-refractivity contribution is -0.117. The smallest absolute Gasteiger partial charge is 0.251 e. The first-order valence-corrected chi connectivity index (χ1v) is 19.1. The van der Waals surface area contributed by atoms with Crippen LogP contribution >= 0.6 is 31.9 Å². The molecular formula is C44H36Br2F4N2O5. The maximum Gasteiger partial charge on any atom is 0.251 e. The number of Topliss-reactive ketones (excluding diaryl/α,β-unsaturated/α-hetero) is 2. The predicted octanol–water partition coefficient (Wildman–Crippen LogP) is 11.3. The first-order chi connectivity index (χ1) is 27.2. The molecule has 0 atom stereocenters. The van der Waals surface area contributed by atoms with Crippen molar-refractivity contribution in [2.45, 2.75) is 39.9 Å². The Morgan fingerprint density at radius 2 is 1.28 bits per heavy atom. The van der Waals surface area contributed by atoms with E-state index in [0.717, 1.165) is 45.3 Å². The fourth-order valence-electron chi connectivity index (χ4n) is 5.71. The minimum absolute atomic E-state index is 0.0490. The van der Waals surface area contributed by atoms with Gasteiger partial charge in [0.05, 0.1) is 11.3 Å². The number of ether oxygens (including phenoxy) is 2. The molecule has 0 bridgehead atoms. The summed E-state index contributed by atoms with van der Waals surface area (Å²) in [5.74, 6) is -2.31. The predicted molar refractivity (Wildman–Crippen MR) is 217 cm³/mol. The summed E-state index contributed by atoms with van der Waals surface area (Å²) in [6.07, 6.45) is 0.227. The molecule has 1 heterocycles. The molecule has 0 spiro atoms. The minimum atomic E-state index is -0.712. The van der Waals surface area contributed by atoms with E-state index >= 15 is 0 Å². The number of carbonyl (C=O) groups is 3. The van der Waals surface area contributed by atoms with E-state index in [2.05, 4.69) is 37.2 Å². The number of nitrogens with one attached hydrogen (secondary N) is 1. The number of ketones is 2. The van der Waals surface area contributed by atoms with Crippen molar-refractivity contribution in [2.75, 3.05) is 7.05 Å². The zero-order valence-electron chi connectivity index (χ0n) is 31.0. The fourth-order valence-corrected chi connectivity index (χ4v) is 6.43. The maximum absolute atomic E-state index is 14.1. The Kier molecular flexibility index (Phi) is 14.6. The van der Waals surface area contributed by atoms with Crippen LogP contribution in [0, 0.1) is 30.2 Å². The molecule has 0 saturated heterocycles. The first-order valence-electron chi connectivity index (χ1n) is 17.5. The molecule has 294 valence electrons. The van der Waals surface area contributed by atoms with Crippen LogP contribution in [0.25, 0.3) is 16.9 Å². The standard InChI is InChI=1S/C26H21BrF2N2O2.C18H15BrF2O3/c1-16-6-10-24(31(16)21-5-3-4-17(12-21)26(32)30-2)22-13-19(27)8-11-25(22)33-15-18-7-9-20(28)14-23(18)29;1-11(22)2-6-17(23)15-8-13(19)4-7-18(15)24-10-12-3-5-14(20)9-16(12)21/h3-14H,15H2,1-2H3,(H,30,32);3-5,7-9H,2,6,10H2,1H3. The zero-order chi connectivity index (χ0) is 41.2. The Bertz CT molecular complexity index is 2430. The lowest BCUT2D eigenvalue weighted by atomic mass is 10.0. The molecule has 0 unspecified atom stereocenters. The second kappa shape index (κ2) is 19.6. The molecule has 1 N–H and O–H groups in total. The van der Waals surface area contributed by atoms with E-state index in [9.17, 15) is 31.9 Å². The topological polar surface area (TPSA) is 86.6 Å². The zero-order valence-corrected chi connectivity index (χ0v) is 34.1. The van der Waals surface area contributed by atoms with Crippen LogP contribution in [-0.2, 0) is 18.0 Å². The molecule has 0 fully saturated rings. The molecule has 57 heavy (non-hydrogen) atoms. The summed E-state index contributed by atoms with van der Waals surface area (Å²) in [6, 6.07) is 28.4. The lowest BCUT2D eigenvalue weighted by Gasteiger charge is -2.17. The van der Waals surface area contributed by atoms with Crippen LogP contribution in [0.3, 0.4) is 0 Å². The van der Waals surface area contributed by atoms with E-state index in [1.165, 1.54) is 25.1 Å². The highest BCUT2D eigenvalue weighted by atomic mass is 79.9. The number of rotatable bonds is 13. The maximum atomic E-state index is 14.1. The van der Waals surface area contributed by atoms with Gasteiger partial charge >= 0.3 is 0 Å². The molecule has 5 aromatic carbocycles. The van der Waals surface area contributed by atoms with Crippen molar-refractivity contribution >= 4 is 49.3 Å². The van der Waals surface area contributed by atoms with Crippen molar-refractivity contribution in [3.05, 3.63) is 169 Å². The highest BCUT2D eigenvalue weighted by molar-refractivity contribution is 9.10. The van der Waals surface area contributed by atoms with Crippen molar-refractivity contribution in [2.24, 2.45) is 0 Å². The van der Waals surface area contributed by atoms with Gasteiger partial charge in [0.15, 0.2) is 5.78 Å². The summed E-state index contributed by atoms with van der Waals surface area (Å²) in [5, 5.41) is 2.64. The van der Waals surface area contributed by atoms with E-state index in [1.54, 1.807) is 37.4 Å². The molecule has 13 heteroatoms. The second-order valence-corrected chi connectivity index (χ2v) is 14.6. The summed E-state index contributed by atoms with van der Waals surface area (Å²) >= 11 is 6.80. The van der Waals surface area contributed by atoms with E-state index in [4.69, 9.17) is 9.47 Å². The average molecular weight is 909 g/mol. The monoisotopic (exact) mass is 906 g/mol. The van der Waals surface area contributed by atoms with Gasteiger partial charge < -0.3 is 24.2 Å². The Labute approximate surface area is 343 Å². The van der Waals surface area contributed by atoms with Crippen molar-refractivity contribution in [1.82, 2.24) is 9.88 Å². The number of aromatic nitrogens is 1. The molecule has 0 saturated carbocycles. The first kappa shape index (κ1) is 42.6. The highest BCUT2D eigenvalue weighted by Crippen LogP contribution is 2.36. The summed E-state index contributed by atoms with van der Waals surface area (Å²) in [6.45, 7) is 3.21. The SMILES string of the molecule is CC(=O)CCC(=O)c1cc(Br)ccc1OCc1ccc(F)cc1F.CNC(=O)c1cccc(-n2c(C)ccc2-c2cc(Br)ccc2OCc2ccc(F)cc2F)c1. The van der Waals surface area contributed by atoms with Gasteiger partial charge in [0.1, 0.15) is 53.8 Å². The van der Waals surface area contributed by atoms with E-state index in [1.807, 2.05) is 54.0 Å². The number of hydrogen-bond donors (Lipinski definition) is 1. The van der Waals surface area contributed by atoms with Crippen molar-refractivity contribution in [3.8, 4) is 28.4 Å². The molecule has 0 radical (unpaired) electrons. The molecule has 0 aliphatic rings.